The molecule has 2 N–H and O–H groups in total. The molecule has 1 aliphatic carbocycles. The van der Waals surface area contributed by atoms with Crippen molar-refractivity contribution in [1.82, 2.24) is 30.2 Å². The fourth-order valence-corrected chi connectivity index (χ4v) is 5.65. The number of nitrogens with one attached hydrogen (secondary N) is 2. The van der Waals surface area contributed by atoms with Crippen LogP contribution in [0.1, 0.15) is 57.2 Å². The fourth-order valence-electron chi connectivity index (χ4n) is 5.65. The monoisotopic (exact) mass is 491 g/mol. The van der Waals surface area contributed by atoms with E-state index in [0.717, 1.165) is 56.0 Å². The van der Waals surface area contributed by atoms with E-state index in [1.807, 2.05) is 6.20 Å². The lowest BCUT2D eigenvalue weighted by Gasteiger charge is -2.45. The summed E-state index contributed by atoms with van der Waals surface area (Å²) in [5, 5.41) is 5.15. The van der Waals surface area contributed by atoms with Crippen LogP contribution in [0.3, 0.4) is 0 Å². The zero-order valence-electron chi connectivity index (χ0n) is 21.1. The fraction of sp³-hybridized carbons (Fsp3) is 0.481. The van der Waals surface area contributed by atoms with Gasteiger partial charge in [0, 0.05) is 55.3 Å². The smallest absolute Gasteiger partial charge is 0.284 e. The van der Waals surface area contributed by atoms with Crippen molar-refractivity contribution in [1.29, 1.82) is 0 Å². The molecule has 1 aliphatic heterocycles. The van der Waals surface area contributed by atoms with Gasteiger partial charge in [0.25, 0.3) is 5.92 Å². The molecule has 1 saturated heterocycles. The van der Waals surface area contributed by atoms with E-state index in [9.17, 15) is 8.78 Å². The number of hydrogen-bond acceptors (Lipinski definition) is 6. The molecule has 4 aromatic rings. The largest absolute Gasteiger partial charge is 0.355 e. The Morgan fingerprint density at radius 2 is 1.94 bits per heavy atom. The van der Waals surface area contributed by atoms with Gasteiger partial charge in [-0.2, -0.15) is 0 Å². The zero-order valence-corrected chi connectivity index (χ0v) is 21.1. The van der Waals surface area contributed by atoms with E-state index in [2.05, 4.69) is 46.1 Å². The SMILES string of the molecule is CN(c1nc(-c2ccnc3[nH]c(C(C)(F)F)cc23)nc2cncc(C3CC3)c12)C1CCNCC1(C)C. The molecule has 0 bridgehead atoms. The number of pyridine rings is 2. The van der Waals surface area contributed by atoms with Crippen LogP contribution >= 0.6 is 0 Å². The highest BCUT2D eigenvalue weighted by Crippen LogP contribution is 2.46. The molecule has 5 heterocycles. The summed E-state index contributed by atoms with van der Waals surface area (Å²) in [6.45, 7) is 7.33. The third kappa shape index (κ3) is 3.89. The maximum Gasteiger partial charge on any atom is 0.284 e. The van der Waals surface area contributed by atoms with Gasteiger partial charge in [-0.3, -0.25) is 4.98 Å². The number of rotatable bonds is 5. The summed E-state index contributed by atoms with van der Waals surface area (Å²) < 4.78 is 28.2. The van der Waals surface area contributed by atoms with Crippen molar-refractivity contribution < 1.29 is 8.78 Å². The molecule has 188 valence electrons. The summed E-state index contributed by atoms with van der Waals surface area (Å²) in [6.07, 6.45) is 8.65. The van der Waals surface area contributed by atoms with Crippen LogP contribution in [-0.2, 0) is 5.92 Å². The van der Waals surface area contributed by atoms with Crippen molar-refractivity contribution in [3.8, 4) is 11.4 Å². The van der Waals surface area contributed by atoms with Crippen molar-refractivity contribution >= 4 is 27.8 Å². The van der Waals surface area contributed by atoms with Crippen LogP contribution in [0.5, 0.6) is 0 Å². The predicted octanol–water partition coefficient (Wildman–Crippen LogP) is 5.38. The van der Waals surface area contributed by atoms with Crippen molar-refractivity contribution in [2.45, 2.75) is 57.9 Å². The molecular weight excluding hydrogens is 460 g/mol. The third-order valence-electron chi connectivity index (χ3n) is 7.76. The molecule has 36 heavy (non-hydrogen) atoms. The van der Waals surface area contributed by atoms with E-state index in [4.69, 9.17) is 9.97 Å². The first-order chi connectivity index (χ1) is 17.1. The highest BCUT2D eigenvalue weighted by molar-refractivity contribution is 5.97. The van der Waals surface area contributed by atoms with Gasteiger partial charge in [-0.1, -0.05) is 13.8 Å². The molecule has 0 amide bonds. The van der Waals surface area contributed by atoms with Gasteiger partial charge in [0.2, 0.25) is 0 Å². The Balaban J connectivity index is 1.57. The number of H-pyrrole nitrogens is 1. The van der Waals surface area contributed by atoms with Crippen LogP contribution in [0, 0.1) is 5.41 Å². The minimum Gasteiger partial charge on any atom is -0.355 e. The summed E-state index contributed by atoms with van der Waals surface area (Å²) in [7, 11) is 2.12. The zero-order chi connectivity index (χ0) is 25.2. The Kier molecular flexibility index (Phi) is 5.26. The number of aromatic nitrogens is 5. The van der Waals surface area contributed by atoms with E-state index in [1.54, 1.807) is 18.5 Å². The van der Waals surface area contributed by atoms with Crippen molar-refractivity contribution in [3.05, 3.63) is 42.0 Å². The standard InChI is InChI=1S/C27H31F2N7/c1-26(2)14-30-9-8-21(26)36(4)25-22-18(15-5-6-15)12-31-13-19(22)33-24(35-25)16-7-10-32-23-17(16)11-20(34-23)27(3,28)29/h7,10-13,15,21,30H,5-6,8-9,14H2,1-4H3,(H,32,34). The molecule has 1 saturated carbocycles. The van der Waals surface area contributed by atoms with Crippen LogP contribution in [0.25, 0.3) is 33.3 Å². The van der Waals surface area contributed by atoms with Crippen molar-refractivity contribution in [2.24, 2.45) is 5.41 Å². The third-order valence-corrected chi connectivity index (χ3v) is 7.76. The van der Waals surface area contributed by atoms with E-state index < -0.39 is 5.92 Å². The minimum absolute atomic E-state index is 0.0450. The van der Waals surface area contributed by atoms with Crippen LogP contribution in [0.2, 0.25) is 0 Å². The first-order valence-electron chi connectivity index (χ1n) is 12.6. The lowest BCUT2D eigenvalue weighted by Crippen LogP contribution is -2.53. The number of halogens is 2. The highest BCUT2D eigenvalue weighted by Gasteiger charge is 2.37. The molecule has 9 heteroatoms. The van der Waals surface area contributed by atoms with Crippen LogP contribution in [-0.4, -0.2) is 51.1 Å². The van der Waals surface area contributed by atoms with Gasteiger partial charge in [0.1, 0.15) is 11.5 Å². The second kappa shape index (κ2) is 8.16. The molecule has 1 unspecified atom stereocenters. The van der Waals surface area contributed by atoms with Gasteiger partial charge < -0.3 is 15.2 Å². The van der Waals surface area contributed by atoms with Gasteiger partial charge in [0.05, 0.1) is 17.4 Å². The Morgan fingerprint density at radius 3 is 2.67 bits per heavy atom. The summed E-state index contributed by atoms with van der Waals surface area (Å²) in [6, 6.07) is 3.54. The van der Waals surface area contributed by atoms with Crippen LogP contribution in [0.4, 0.5) is 14.6 Å². The Bertz CT molecular complexity index is 1450. The quantitative estimate of drug-likeness (QED) is 0.390. The van der Waals surface area contributed by atoms with Gasteiger partial charge in [-0.25, -0.2) is 23.7 Å². The lowest BCUT2D eigenvalue weighted by molar-refractivity contribution is 0.0135. The maximum atomic E-state index is 14.1. The van der Waals surface area contributed by atoms with Gasteiger partial charge in [-0.05, 0) is 54.8 Å². The Hall–Kier alpha value is -3.20. The average Bonchev–Trinajstić information content (AvgIpc) is 3.58. The number of nitrogens with zero attached hydrogens (tertiary/aromatic N) is 5. The molecule has 0 spiro atoms. The second-order valence-electron chi connectivity index (χ2n) is 11.0. The first kappa shape index (κ1) is 23.2. The molecule has 2 fully saturated rings. The summed E-state index contributed by atoms with van der Waals surface area (Å²) in [5.41, 5.74) is 2.91. The summed E-state index contributed by atoms with van der Waals surface area (Å²) in [4.78, 5) is 23.9. The summed E-state index contributed by atoms with van der Waals surface area (Å²) >= 11 is 0. The van der Waals surface area contributed by atoms with Gasteiger partial charge >= 0.3 is 0 Å². The molecule has 1 atom stereocenters. The molecular formula is C27H31F2N7. The highest BCUT2D eigenvalue weighted by atomic mass is 19.3. The lowest BCUT2D eigenvalue weighted by atomic mass is 9.79. The summed E-state index contributed by atoms with van der Waals surface area (Å²) in [5.74, 6) is -1.16. The van der Waals surface area contributed by atoms with E-state index in [0.29, 0.717) is 28.3 Å². The number of anilines is 1. The van der Waals surface area contributed by atoms with Crippen LogP contribution < -0.4 is 10.2 Å². The topological polar surface area (TPSA) is 82.6 Å². The Morgan fingerprint density at radius 1 is 1.14 bits per heavy atom. The predicted molar refractivity (Wildman–Crippen MR) is 137 cm³/mol. The number of piperidine rings is 1. The number of alkyl halides is 2. The Labute approximate surface area is 208 Å². The molecule has 0 aromatic carbocycles. The molecule has 7 nitrogen and oxygen atoms in total. The van der Waals surface area contributed by atoms with E-state index in [-0.39, 0.29) is 17.2 Å². The van der Waals surface area contributed by atoms with Crippen molar-refractivity contribution in [2.75, 3.05) is 25.0 Å². The second-order valence-corrected chi connectivity index (χ2v) is 11.0. The van der Waals surface area contributed by atoms with Gasteiger partial charge in [0.15, 0.2) is 5.82 Å². The number of fused-ring (bicyclic) bond motifs is 2. The van der Waals surface area contributed by atoms with Crippen LogP contribution in [0.15, 0.2) is 30.7 Å². The van der Waals surface area contributed by atoms with E-state index >= 15 is 0 Å². The molecule has 4 aromatic heterocycles. The molecule has 6 rings (SSSR count). The molecule has 2 aliphatic rings. The number of hydrogen-bond donors (Lipinski definition) is 2. The van der Waals surface area contributed by atoms with Crippen molar-refractivity contribution in [3.63, 3.8) is 0 Å². The molecule has 0 radical (unpaired) electrons. The van der Waals surface area contributed by atoms with E-state index in [1.165, 1.54) is 11.6 Å². The maximum absolute atomic E-state index is 14.1. The normalized spacial score (nSPS) is 20.2. The first-order valence-corrected chi connectivity index (χ1v) is 12.6. The minimum atomic E-state index is -3.00. The number of aromatic amines is 1. The van der Waals surface area contributed by atoms with Gasteiger partial charge in [-0.15, -0.1) is 0 Å². The average molecular weight is 492 g/mol.